The fourth-order valence-electron chi connectivity index (χ4n) is 2.89. The van der Waals surface area contributed by atoms with Gasteiger partial charge in [0, 0.05) is 22.5 Å². The quantitative estimate of drug-likeness (QED) is 0.511. The second-order valence-corrected chi connectivity index (χ2v) is 6.41. The van der Waals surface area contributed by atoms with Gasteiger partial charge < -0.3 is 4.74 Å². The number of carbonyl (C=O) groups excluding carboxylic acids is 3. The van der Waals surface area contributed by atoms with Crippen LogP contribution in [-0.2, 0) is 4.74 Å². The minimum absolute atomic E-state index is 0.235. The molecule has 0 spiro atoms. The molecule has 0 saturated carbocycles. The Labute approximate surface area is 166 Å². The standard InChI is InChI=1S/C22H19FN2O4/c1-14-12-18(15(2)25(14)24-21(27)16-8-4-3-5-9-16)20(26)13-29-22(28)17-10-6-7-11-19(17)23/h3-12H,13H2,1-2H3,(H,24,27). The number of benzene rings is 2. The number of aromatic nitrogens is 1. The van der Waals surface area contributed by atoms with Crippen molar-refractivity contribution < 1.29 is 23.5 Å². The molecule has 0 fully saturated rings. The van der Waals surface area contributed by atoms with Gasteiger partial charge >= 0.3 is 5.97 Å². The van der Waals surface area contributed by atoms with Crippen molar-refractivity contribution in [2.24, 2.45) is 0 Å². The summed E-state index contributed by atoms with van der Waals surface area (Å²) in [5.74, 6) is -2.41. The Morgan fingerprint density at radius 2 is 1.62 bits per heavy atom. The van der Waals surface area contributed by atoms with Crippen LogP contribution in [0.5, 0.6) is 0 Å². The lowest BCUT2D eigenvalue weighted by atomic mass is 10.1. The van der Waals surface area contributed by atoms with Gasteiger partial charge in [0.1, 0.15) is 5.82 Å². The molecule has 0 atom stereocenters. The summed E-state index contributed by atoms with van der Waals surface area (Å²) in [7, 11) is 0. The van der Waals surface area contributed by atoms with Crippen LogP contribution in [0.15, 0.2) is 60.7 Å². The second kappa shape index (κ2) is 8.52. The van der Waals surface area contributed by atoms with E-state index in [0.29, 0.717) is 22.5 Å². The summed E-state index contributed by atoms with van der Waals surface area (Å²) in [6.07, 6.45) is 0. The first-order chi connectivity index (χ1) is 13.9. The summed E-state index contributed by atoms with van der Waals surface area (Å²) in [5, 5.41) is 0. The van der Waals surface area contributed by atoms with Gasteiger partial charge in [-0.3, -0.25) is 19.7 Å². The van der Waals surface area contributed by atoms with Crippen LogP contribution in [0.3, 0.4) is 0 Å². The van der Waals surface area contributed by atoms with E-state index < -0.39 is 24.2 Å². The molecule has 2 aromatic carbocycles. The molecule has 1 aromatic heterocycles. The van der Waals surface area contributed by atoms with Crippen molar-refractivity contribution in [2.45, 2.75) is 13.8 Å². The maximum absolute atomic E-state index is 13.6. The zero-order valence-corrected chi connectivity index (χ0v) is 15.9. The number of aryl methyl sites for hydroxylation is 1. The monoisotopic (exact) mass is 394 g/mol. The van der Waals surface area contributed by atoms with Gasteiger partial charge in [0.15, 0.2) is 6.61 Å². The molecule has 29 heavy (non-hydrogen) atoms. The number of nitrogens with one attached hydrogen (secondary N) is 1. The third-order valence-electron chi connectivity index (χ3n) is 4.41. The van der Waals surface area contributed by atoms with Crippen molar-refractivity contribution in [3.63, 3.8) is 0 Å². The molecule has 0 saturated heterocycles. The first kappa shape index (κ1) is 20.0. The molecular formula is C22H19FN2O4. The van der Waals surface area contributed by atoms with Crippen LogP contribution < -0.4 is 5.43 Å². The first-order valence-electron chi connectivity index (χ1n) is 8.88. The maximum Gasteiger partial charge on any atom is 0.341 e. The average molecular weight is 394 g/mol. The number of hydrogen-bond donors (Lipinski definition) is 1. The van der Waals surface area contributed by atoms with E-state index in [4.69, 9.17) is 4.74 Å². The highest BCUT2D eigenvalue weighted by Crippen LogP contribution is 2.16. The lowest BCUT2D eigenvalue weighted by Gasteiger charge is -2.11. The number of esters is 1. The summed E-state index contributed by atoms with van der Waals surface area (Å²) in [5.41, 5.74) is 4.42. The molecule has 0 aliphatic heterocycles. The Balaban J connectivity index is 1.70. The molecule has 6 nitrogen and oxygen atoms in total. The number of halogens is 1. The molecule has 1 N–H and O–H groups in total. The number of Topliss-reactive ketones (excluding diaryl/α,β-unsaturated/α-hetero) is 1. The van der Waals surface area contributed by atoms with Gasteiger partial charge in [0.25, 0.3) is 5.91 Å². The van der Waals surface area contributed by atoms with E-state index in [1.54, 1.807) is 44.2 Å². The molecule has 0 aliphatic rings. The van der Waals surface area contributed by atoms with Crippen LogP contribution in [0.1, 0.15) is 42.5 Å². The van der Waals surface area contributed by atoms with Crippen molar-refractivity contribution >= 4 is 17.7 Å². The van der Waals surface area contributed by atoms with E-state index in [0.717, 1.165) is 6.07 Å². The summed E-state index contributed by atoms with van der Waals surface area (Å²) in [6, 6.07) is 15.7. The molecule has 0 unspecified atom stereocenters. The van der Waals surface area contributed by atoms with Crippen molar-refractivity contribution in [3.05, 3.63) is 94.6 Å². The van der Waals surface area contributed by atoms with Gasteiger partial charge in [-0.2, -0.15) is 0 Å². The van der Waals surface area contributed by atoms with Crippen LogP contribution in [0.2, 0.25) is 0 Å². The van der Waals surface area contributed by atoms with E-state index in [1.165, 1.54) is 22.9 Å². The molecule has 3 aromatic rings. The highest BCUT2D eigenvalue weighted by molar-refractivity contribution is 6.02. The molecular weight excluding hydrogens is 375 g/mol. The molecule has 148 valence electrons. The van der Waals surface area contributed by atoms with Crippen molar-refractivity contribution in [2.75, 3.05) is 12.0 Å². The predicted octanol–water partition coefficient (Wildman–Crippen LogP) is 3.67. The predicted molar refractivity (Wildman–Crippen MR) is 105 cm³/mol. The maximum atomic E-state index is 13.6. The van der Waals surface area contributed by atoms with Gasteiger partial charge in [0.05, 0.1) is 5.56 Å². The van der Waals surface area contributed by atoms with E-state index in [9.17, 15) is 18.8 Å². The van der Waals surface area contributed by atoms with Crippen molar-refractivity contribution in [3.8, 4) is 0 Å². The normalized spacial score (nSPS) is 10.4. The van der Waals surface area contributed by atoms with Gasteiger partial charge in [0.2, 0.25) is 5.78 Å². The zero-order chi connectivity index (χ0) is 21.0. The van der Waals surface area contributed by atoms with E-state index in [1.807, 2.05) is 6.07 Å². The Morgan fingerprint density at radius 3 is 2.31 bits per heavy atom. The van der Waals surface area contributed by atoms with Crippen LogP contribution in [-0.4, -0.2) is 28.9 Å². The summed E-state index contributed by atoms with van der Waals surface area (Å²) in [6.45, 7) is 2.87. The molecule has 0 bridgehead atoms. The highest BCUT2D eigenvalue weighted by Gasteiger charge is 2.20. The number of nitrogens with zero attached hydrogens (tertiary/aromatic N) is 1. The van der Waals surface area contributed by atoms with Gasteiger partial charge in [-0.25, -0.2) is 9.18 Å². The van der Waals surface area contributed by atoms with Crippen LogP contribution in [0.25, 0.3) is 0 Å². The largest absolute Gasteiger partial charge is 0.454 e. The summed E-state index contributed by atoms with van der Waals surface area (Å²) < 4.78 is 20.1. The number of ether oxygens (including phenoxy) is 1. The number of rotatable bonds is 6. The zero-order valence-electron chi connectivity index (χ0n) is 15.9. The molecule has 1 amide bonds. The third kappa shape index (κ3) is 4.40. The Morgan fingerprint density at radius 1 is 0.966 bits per heavy atom. The third-order valence-corrected chi connectivity index (χ3v) is 4.41. The van der Waals surface area contributed by atoms with Crippen LogP contribution in [0.4, 0.5) is 4.39 Å². The number of hydrogen-bond acceptors (Lipinski definition) is 4. The fraction of sp³-hybridized carbons (Fsp3) is 0.136. The van der Waals surface area contributed by atoms with Crippen molar-refractivity contribution in [1.82, 2.24) is 4.68 Å². The summed E-state index contributed by atoms with van der Waals surface area (Å²) in [4.78, 5) is 36.9. The minimum Gasteiger partial charge on any atom is -0.454 e. The van der Waals surface area contributed by atoms with Crippen LogP contribution >= 0.6 is 0 Å². The Kier molecular flexibility index (Phi) is 5.87. The van der Waals surface area contributed by atoms with E-state index >= 15 is 0 Å². The number of carbonyl (C=O) groups is 3. The van der Waals surface area contributed by atoms with Crippen LogP contribution in [0, 0.1) is 19.7 Å². The molecule has 1 heterocycles. The molecule has 7 heteroatoms. The number of amides is 1. The summed E-state index contributed by atoms with van der Waals surface area (Å²) >= 11 is 0. The molecule has 3 rings (SSSR count). The lowest BCUT2D eigenvalue weighted by molar-refractivity contribution is 0.0470. The molecule has 0 aliphatic carbocycles. The van der Waals surface area contributed by atoms with Crippen molar-refractivity contribution in [1.29, 1.82) is 0 Å². The molecule has 0 radical (unpaired) electrons. The second-order valence-electron chi connectivity index (χ2n) is 6.41. The smallest absolute Gasteiger partial charge is 0.341 e. The lowest BCUT2D eigenvalue weighted by Crippen LogP contribution is -2.25. The fourth-order valence-corrected chi connectivity index (χ4v) is 2.89. The SMILES string of the molecule is Cc1cc(C(=O)COC(=O)c2ccccc2F)c(C)n1NC(=O)c1ccccc1. The first-order valence-corrected chi connectivity index (χ1v) is 8.88. The average Bonchev–Trinajstić information content (AvgIpc) is 3.01. The van der Waals surface area contributed by atoms with Gasteiger partial charge in [-0.1, -0.05) is 30.3 Å². The van der Waals surface area contributed by atoms with E-state index in [-0.39, 0.29) is 11.5 Å². The Hall–Kier alpha value is -3.74. The van der Waals surface area contributed by atoms with Gasteiger partial charge in [-0.05, 0) is 44.2 Å². The van der Waals surface area contributed by atoms with Gasteiger partial charge in [-0.15, -0.1) is 0 Å². The number of ketones is 1. The Bertz CT molecular complexity index is 1070. The minimum atomic E-state index is -0.914. The van der Waals surface area contributed by atoms with E-state index in [2.05, 4.69) is 5.43 Å². The topological polar surface area (TPSA) is 77.4 Å². The highest BCUT2D eigenvalue weighted by atomic mass is 19.1.